The average molecular weight is 310 g/mol. The van der Waals surface area contributed by atoms with E-state index >= 15 is 0 Å². The van der Waals surface area contributed by atoms with Gasteiger partial charge in [0.15, 0.2) is 0 Å². The summed E-state index contributed by atoms with van der Waals surface area (Å²) >= 11 is 5.07. The molecule has 0 atom stereocenters. The normalized spacial score (nSPS) is 10.2. The number of nitrogens with one attached hydrogen (secondary N) is 1. The van der Waals surface area contributed by atoms with Crippen LogP contribution < -0.4 is 5.32 Å². The van der Waals surface area contributed by atoms with Crippen LogP contribution in [0.25, 0.3) is 0 Å². The summed E-state index contributed by atoms with van der Waals surface area (Å²) in [5.74, 6) is -0.0251. The Labute approximate surface area is 113 Å². The van der Waals surface area contributed by atoms with E-state index < -0.39 is 0 Å². The van der Waals surface area contributed by atoms with Crippen LogP contribution in [0.15, 0.2) is 46.3 Å². The average Bonchev–Trinajstić information content (AvgIpc) is 2.82. The van der Waals surface area contributed by atoms with Crippen molar-refractivity contribution in [1.82, 2.24) is 5.32 Å². The molecular formula is C13H12BrNOS. The molecule has 0 unspecified atom stereocenters. The van der Waals surface area contributed by atoms with E-state index in [0.717, 1.165) is 10.9 Å². The molecule has 0 bridgehead atoms. The molecule has 4 heteroatoms. The highest BCUT2D eigenvalue weighted by Gasteiger charge is 2.04. The summed E-state index contributed by atoms with van der Waals surface area (Å²) in [6, 6.07) is 11.5. The second-order valence-electron chi connectivity index (χ2n) is 3.60. The highest BCUT2D eigenvalue weighted by Crippen LogP contribution is 2.12. The summed E-state index contributed by atoms with van der Waals surface area (Å²) in [6.45, 7) is 0.672. The van der Waals surface area contributed by atoms with Gasteiger partial charge in [0.2, 0.25) is 0 Å². The van der Waals surface area contributed by atoms with Gasteiger partial charge in [-0.1, -0.05) is 28.1 Å². The van der Waals surface area contributed by atoms with Crippen LogP contribution in [0.5, 0.6) is 0 Å². The molecule has 2 rings (SSSR count). The molecule has 1 aromatic heterocycles. The lowest BCUT2D eigenvalue weighted by atomic mass is 10.2. The van der Waals surface area contributed by atoms with Gasteiger partial charge in [-0.25, -0.2) is 0 Å². The standard InChI is InChI=1S/C13H12BrNOS/c14-11-4-1-3-10(9-11)13(16)15-7-6-12-5-2-8-17-12/h1-5,8-9H,6-7H2,(H,15,16). The van der Waals surface area contributed by atoms with Gasteiger partial charge < -0.3 is 5.32 Å². The lowest BCUT2D eigenvalue weighted by molar-refractivity contribution is 0.0954. The fourth-order valence-electron chi connectivity index (χ4n) is 1.49. The number of hydrogen-bond donors (Lipinski definition) is 1. The Bertz CT molecular complexity index is 496. The van der Waals surface area contributed by atoms with Crippen molar-refractivity contribution < 1.29 is 4.79 Å². The SMILES string of the molecule is O=C(NCCc1cccs1)c1cccc(Br)c1. The van der Waals surface area contributed by atoms with Crippen molar-refractivity contribution in [1.29, 1.82) is 0 Å². The van der Waals surface area contributed by atoms with Crippen LogP contribution in [0.1, 0.15) is 15.2 Å². The molecule has 2 aromatic rings. The van der Waals surface area contributed by atoms with Crippen molar-refractivity contribution in [3.05, 3.63) is 56.7 Å². The van der Waals surface area contributed by atoms with Crippen molar-refractivity contribution in [3.8, 4) is 0 Å². The van der Waals surface area contributed by atoms with E-state index in [-0.39, 0.29) is 5.91 Å². The molecular weight excluding hydrogens is 298 g/mol. The highest BCUT2D eigenvalue weighted by atomic mass is 79.9. The van der Waals surface area contributed by atoms with E-state index in [2.05, 4.69) is 27.3 Å². The first kappa shape index (κ1) is 12.3. The monoisotopic (exact) mass is 309 g/mol. The Morgan fingerprint density at radius 3 is 2.88 bits per heavy atom. The minimum atomic E-state index is -0.0251. The molecule has 0 saturated carbocycles. The van der Waals surface area contributed by atoms with E-state index in [1.807, 2.05) is 35.7 Å². The molecule has 2 nitrogen and oxygen atoms in total. The van der Waals surface area contributed by atoms with E-state index in [1.165, 1.54) is 4.88 Å². The minimum absolute atomic E-state index is 0.0251. The van der Waals surface area contributed by atoms with Crippen LogP contribution in [-0.2, 0) is 6.42 Å². The van der Waals surface area contributed by atoms with E-state index in [1.54, 1.807) is 11.3 Å². The van der Waals surface area contributed by atoms with Gasteiger partial charge in [-0.05, 0) is 36.1 Å². The first-order valence-corrected chi connectivity index (χ1v) is 6.99. The summed E-state index contributed by atoms with van der Waals surface area (Å²) < 4.78 is 0.920. The molecule has 17 heavy (non-hydrogen) atoms. The molecule has 0 saturated heterocycles. The maximum atomic E-state index is 11.8. The molecule has 1 heterocycles. The van der Waals surface area contributed by atoms with Crippen molar-refractivity contribution >= 4 is 33.2 Å². The van der Waals surface area contributed by atoms with E-state index in [0.29, 0.717) is 12.1 Å². The lowest BCUT2D eigenvalue weighted by Crippen LogP contribution is -2.25. The van der Waals surface area contributed by atoms with Crippen molar-refractivity contribution in [2.75, 3.05) is 6.54 Å². The van der Waals surface area contributed by atoms with Gasteiger partial charge in [-0.2, -0.15) is 0 Å². The van der Waals surface area contributed by atoms with Crippen LogP contribution in [0.2, 0.25) is 0 Å². The Balaban J connectivity index is 1.85. The molecule has 0 radical (unpaired) electrons. The van der Waals surface area contributed by atoms with Gasteiger partial charge in [0.05, 0.1) is 0 Å². The molecule has 0 fully saturated rings. The summed E-state index contributed by atoms with van der Waals surface area (Å²) in [5, 5.41) is 4.96. The van der Waals surface area contributed by atoms with Crippen molar-refractivity contribution in [3.63, 3.8) is 0 Å². The number of halogens is 1. The molecule has 88 valence electrons. The van der Waals surface area contributed by atoms with Crippen molar-refractivity contribution in [2.45, 2.75) is 6.42 Å². The van der Waals surface area contributed by atoms with Crippen LogP contribution in [-0.4, -0.2) is 12.5 Å². The molecule has 0 aliphatic heterocycles. The largest absolute Gasteiger partial charge is 0.352 e. The third-order valence-corrected chi connectivity index (χ3v) is 3.75. The summed E-state index contributed by atoms with van der Waals surface area (Å²) in [5.41, 5.74) is 0.686. The number of carbonyl (C=O) groups excluding carboxylic acids is 1. The van der Waals surface area contributed by atoms with Gasteiger partial charge in [0.25, 0.3) is 5.91 Å². The van der Waals surface area contributed by atoms with Crippen LogP contribution in [0.4, 0.5) is 0 Å². The second kappa shape index (κ2) is 5.98. The maximum absolute atomic E-state index is 11.8. The topological polar surface area (TPSA) is 29.1 Å². The number of amides is 1. The summed E-state index contributed by atoms with van der Waals surface area (Å²) in [4.78, 5) is 13.1. The van der Waals surface area contributed by atoms with Crippen LogP contribution >= 0.6 is 27.3 Å². The Kier molecular flexibility index (Phi) is 4.34. The molecule has 1 aromatic carbocycles. The smallest absolute Gasteiger partial charge is 0.251 e. The fraction of sp³-hybridized carbons (Fsp3) is 0.154. The second-order valence-corrected chi connectivity index (χ2v) is 5.54. The van der Waals surface area contributed by atoms with Crippen LogP contribution in [0.3, 0.4) is 0 Å². The van der Waals surface area contributed by atoms with E-state index in [9.17, 15) is 4.79 Å². The lowest BCUT2D eigenvalue weighted by Gasteiger charge is -2.04. The van der Waals surface area contributed by atoms with Gasteiger partial charge in [-0.3, -0.25) is 4.79 Å². The predicted octanol–water partition coefficient (Wildman–Crippen LogP) is 3.48. The Morgan fingerprint density at radius 1 is 1.29 bits per heavy atom. The molecule has 1 N–H and O–H groups in total. The maximum Gasteiger partial charge on any atom is 0.251 e. The van der Waals surface area contributed by atoms with Gasteiger partial charge >= 0.3 is 0 Å². The number of hydrogen-bond acceptors (Lipinski definition) is 2. The fourth-order valence-corrected chi connectivity index (χ4v) is 2.59. The quantitative estimate of drug-likeness (QED) is 0.920. The van der Waals surface area contributed by atoms with E-state index in [4.69, 9.17) is 0 Å². The predicted molar refractivity (Wildman–Crippen MR) is 74.5 cm³/mol. The van der Waals surface area contributed by atoms with Gasteiger partial charge in [0, 0.05) is 21.5 Å². The number of carbonyl (C=O) groups is 1. The van der Waals surface area contributed by atoms with Crippen LogP contribution in [0, 0.1) is 0 Å². The minimum Gasteiger partial charge on any atom is -0.352 e. The highest BCUT2D eigenvalue weighted by molar-refractivity contribution is 9.10. The first-order chi connectivity index (χ1) is 8.25. The molecule has 1 amide bonds. The zero-order chi connectivity index (χ0) is 12.1. The third kappa shape index (κ3) is 3.68. The molecule has 0 spiro atoms. The first-order valence-electron chi connectivity index (χ1n) is 5.32. The number of rotatable bonds is 4. The number of benzene rings is 1. The molecule has 0 aliphatic rings. The molecule has 0 aliphatic carbocycles. The Morgan fingerprint density at radius 2 is 2.18 bits per heavy atom. The number of thiophene rings is 1. The zero-order valence-electron chi connectivity index (χ0n) is 9.15. The zero-order valence-corrected chi connectivity index (χ0v) is 11.6. The van der Waals surface area contributed by atoms with Gasteiger partial charge in [0.1, 0.15) is 0 Å². The van der Waals surface area contributed by atoms with Gasteiger partial charge in [-0.15, -0.1) is 11.3 Å². The van der Waals surface area contributed by atoms with Crippen molar-refractivity contribution in [2.24, 2.45) is 0 Å². The third-order valence-electron chi connectivity index (χ3n) is 2.32. The summed E-state index contributed by atoms with van der Waals surface area (Å²) in [6.07, 6.45) is 0.886. The Hall–Kier alpha value is -1.13. The summed E-state index contributed by atoms with van der Waals surface area (Å²) in [7, 11) is 0.